The fraction of sp³-hybridized carbons (Fsp3) is 0.328. The molecule has 6 aromatic carbocycles. The summed E-state index contributed by atoms with van der Waals surface area (Å²) in [7, 11) is 2.81. The van der Waals surface area contributed by atoms with Crippen LogP contribution in [0.2, 0.25) is 0 Å². The first-order valence-electron chi connectivity index (χ1n) is 25.6. The predicted molar refractivity (Wildman–Crippen MR) is 296 cm³/mol. The Bertz CT molecular complexity index is 3210. The van der Waals surface area contributed by atoms with E-state index in [0.29, 0.717) is 48.9 Å². The van der Waals surface area contributed by atoms with Crippen molar-refractivity contribution in [1.82, 2.24) is 26.3 Å². The van der Waals surface area contributed by atoms with Crippen LogP contribution in [0.3, 0.4) is 0 Å². The second kappa shape index (κ2) is 31.7. The molecule has 12 nitrogen and oxygen atoms in total. The standard InChI is InChI=1S/C30H29F6N3O4.C29H26F6N2O3.CH4.CH3.BrH.Mg/c1-39(42-2)26(40)19-12-24(13-19)37-28(41)38-29(17-18-6-4-3-5-7-18,20-8-10-22(31)11-9-20)21-14-23(32)16-25(15-21)43-30(35,36)27(33)34;1-17(38)19-11-24(12-19)36-27(39)37-28(16-18-5-3-2-4-6-18,20-7-9-22(30)10-8-20)21-13-23(31)15-25(14-21)40-29(34,35)26(32)33;;;;/h3-11,14-16,19,24,27H,12-13,17H2,1-2H3,(H2,37,38,41);2-10,13-15,19,24,26H,11-12,16H2,1H3,(H2,36,37,39);1H4;1H3;1H;/q;;;-1;;+2/p-1/t19?,24?,29-;19?,24?,28-;;;;/m11..../s1. The van der Waals surface area contributed by atoms with Crippen LogP contribution in [-0.4, -0.2) is 103 Å². The SMILES string of the molecule is C.CC(=O)C1CC(NC(=O)N[C@](Cc2ccccc2)(c2ccc(F)cc2)c2cc(F)cc(OC(F)(F)C(F)F)c2)C1.CON(C)C(=O)C1CC(NC(=O)N[C@](Cc2ccccc2)(c2ccc(F)cc2)c2cc(F)cc(OC(F)(F)C(F)F)c2)C1.[Br-].[CH3-].[Mg+2]. The van der Waals surface area contributed by atoms with Crippen molar-refractivity contribution in [3.8, 4) is 11.5 Å². The van der Waals surface area contributed by atoms with Gasteiger partial charge in [0.15, 0.2) is 0 Å². The molecule has 26 heteroatoms. The van der Waals surface area contributed by atoms with Crippen LogP contribution in [-0.2, 0) is 38.3 Å². The van der Waals surface area contributed by atoms with Gasteiger partial charge in [-0.2, -0.15) is 35.1 Å². The topological polar surface area (TPSA) is 147 Å². The minimum absolute atomic E-state index is 0. The predicted octanol–water partition coefficient (Wildman–Crippen LogP) is 9.85. The van der Waals surface area contributed by atoms with E-state index >= 15 is 0 Å². The molecule has 2 saturated carbocycles. The van der Waals surface area contributed by atoms with Gasteiger partial charge in [-0.05, 0) is 115 Å². The number of hydroxylamine groups is 2. The summed E-state index contributed by atoms with van der Waals surface area (Å²) in [5.74, 6) is -6.08. The van der Waals surface area contributed by atoms with E-state index in [9.17, 15) is 71.9 Å². The number of hydrogen-bond donors (Lipinski definition) is 4. The van der Waals surface area contributed by atoms with Crippen molar-refractivity contribution >= 4 is 46.8 Å². The van der Waals surface area contributed by atoms with Crippen molar-refractivity contribution in [2.24, 2.45) is 11.8 Å². The molecule has 0 radical (unpaired) electrons. The quantitative estimate of drug-likeness (QED) is 0.0243. The molecule has 6 aromatic rings. The summed E-state index contributed by atoms with van der Waals surface area (Å²) in [4.78, 5) is 55.6. The van der Waals surface area contributed by atoms with Crippen molar-refractivity contribution in [1.29, 1.82) is 0 Å². The van der Waals surface area contributed by atoms with Gasteiger partial charge in [0.2, 0.25) is 5.91 Å². The number of halogens is 13. The third-order valence-corrected chi connectivity index (χ3v) is 14.2. The number of urea groups is 2. The van der Waals surface area contributed by atoms with E-state index in [1.807, 2.05) is 0 Å². The molecule has 4 N–H and O–H groups in total. The van der Waals surface area contributed by atoms with Crippen LogP contribution >= 0.6 is 0 Å². The van der Waals surface area contributed by atoms with E-state index in [1.165, 1.54) is 45.3 Å². The molecule has 0 aliphatic heterocycles. The van der Waals surface area contributed by atoms with Gasteiger partial charge in [0.05, 0.1) is 18.2 Å². The summed E-state index contributed by atoms with van der Waals surface area (Å²) in [5.41, 5.74) is -1.99. The number of Topliss-reactive ketones (excluding diaryl/α,β-unsaturated/α-hetero) is 1. The van der Waals surface area contributed by atoms with Gasteiger partial charge >= 0.3 is 60.2 Å². The van der Waals surface area contributed by atoms with Gasteiger partial charge in [-0.25, -0.2) is 32.2 Å². The average molecular weight is 1310 g/mol. The number of carbonyl (C=O) groups is 4. The Morgan fingerprint density at radius 3 is 1.21 bits per heavy atom. The van der Waals surface area contributed by atoms with Crippen LogP contribution < -0.4 is 47.7 Å². The van der Waals surface area contributed by atoms with Crippen LogP contribution in [0.1, 0.15) is 73.4 Å². The summed E-state index contributed by atoms with van der Waals surface area (Å²) >= 11 is 0. The third-order valence-electron chi connectivity index (χ3n) is 14.2. The molecule has 0 spiro atoms. The molecule has 0 unspecified atom stereocenters. The summed E-state index contributed by atoms with van der Waals surface area (Å²) in [6.07, 6.45) is -16.9. The Balaban J connectivity index is 0.000000436. The van der Waals surface area contributed by atoms with Crippen LogP contribution in [0.25, 0.3) is 0 Å². The number of ether oxygens (including phenoxy) is 2. The molecule has 466 valence electrons. The van der Waals surface area contributed by atoms with Gasteiger partial charge < -0.3 is 55.1 Å². The number of benzene rings is 6. The molecule has 0 aromatic heterocycles. The fourth-order valence-electron chi connectivity index (χ4n) is 9.71. The molecule has 2 aliphatic carbocycles. The van der Waals surface area contributed by atoms with E-state index in [-0.39, 0.29) is 120 Å². The second-order valence-electron chi connectivity index (χ2n) is 20.0. The Morgan fingerprint density at radius 2 is 0.885 bits per heavy atom. The van der Waals surface area contributed by atoms with Crippen molar-refractivity contribution in [2.75, 3.05) is 14.2 Å². The Hall–Kier alpha value is -7.03. The van der Waals surface area contributed by atoms with Crippen molar-refractivity contribution in [2.45, 2.75) is 101 Å². The van der Waals surface area contributed by atoms with Crippen molar-refractivity contribution < 1.29 is 103 Å². The number of rotatable bonds is 21. The molecule has 0 saturated heterocycles. The van der Waals surface area contributed by atoms with E-state index in [0.717, 1.165) is 53.6 Å². The minimum Gasteiger partial charge on any atom is -1.00 e. The Labute approximate surface area is 522 Å². The Kier molecular flexibility index (Phi) is 27.1. The first-order valence-corrected chi connectivity index (χ1v) is 25.6. The summed E-state index contributed by atoms with van der Waals surface area (Å²) in [6.45, 7) is 1.46. The van der Waals surface area contributed by atoms with E-state index in [2.05, 4.69) is 30.7 Å². The maximum atomic E-state index is 14.9. The van der Waals surface area contributed by atoms with Gasteiger partial charge in [0, 0.05) is 55.9 Å². The third kappa shape index (κ3) is 19.0. The number of ketones is 1. The zero-order chi connectivity index (χ0) is 60.4. The van der Waals surface area contributed by atoms with Gasteiger partial charge in [0.1, 0.15) is 40.6 Å². The molecule has 0 heterocycles. The molecule has 5 amide bonds. The number of nitrogens with one attached hydrogen (secondary N) is 4. The smallest absolute Gasteiger partial charge is 1.00 e. The minimum atomic E-state index is -4.93. The van der Waals surface area contributed by atoms with Gasteiger partial charge in [-0.3, -0.25) is 14.4 Å². The first kappa shape index (κ1) is 74.2. The molecular weight excluding hydrogens is 1250 g/mol. The Morgan fingerprint density at radius 1 is 0.540 bits per heavy atom. The fourth-order valence-corrected chi connectivity index (χ4v) is 9.71. The van der Waals surface area contributed by atoms with Crippen LogP contribution in [0.5, 0.6) is 11.5 Å². The second-order valence-corrected chi connectivity index (χ2v) is 20.0. The summed E-state index contributed by atoms with van der Waals surface area (Å²) in [5, 5.41) is 12.2. The van der Waals surface area contributed by atoms with Crippen LogP contribution in [0.15, 0.2) is 146 Å². The maximum absolute atomic E-state index is 14.9. The molecule has 8 rings (SSSR count). The summed E-state index contributed by atoms with van der Waals surface area (Å²) < 4.78 is 173. The normalized spacial score (nSPS) is 17.3. The average Bonchev–Trinajstić information content (AvgIpc) is 0.843. The largest absolute Gasteiger partial charge is 2.00 e. The van der Waals surface area contributed by atoms with E-state index < -0.39 is 89.0 Å². The summed E-state index contributed by atoms with van der Waals surface area (Å²) in [6, 6.07) is 29.5. The first-order chi connectivity index (χ1) is 39.2. The maximum Gasteiger partial charge on any atom is 2.00 e. The van der Waals surface area contributed by atoms with Gasteiger partial charge in [-0.15, -0.1) is 0 Å². The zero-order valence-corrected chi connectivity index (χ0v) is 49.5. The molecule has 2 atom stereocenters. The molecule has 2 fully saturated rings. The van der Waals surface area contributed by atoms with E-state index in [4.69, 9.17) is 4.84 Å². The number of carbonyl (C=O) groups excluding carboxylic acids is 4. The van der Waals surface area contributed by atoms with E-state index in [1.54, 1.807) is 60.7 Å². The zero-order valence-electron chi connectivity index (χ0n) is 46.5. The number of nitrogens with zero attached hydrogens (tertiary/aromatic N) is 1. The van der Waals surface area contributed by atoms with Crippen molar-refractivity contribution in [3.63, 3.8) is 0 Å². The monoisotopic (exact) mass is 1310 g/mol. The molecule has 0 bridgehead atoms. The van der Waals surface area contributed by atoms with Crippen LogP contribution in [0, 0.1) is 42.5 Å². The number of alkyl halides is 8. The van der Waals surface area contributed by atoms with Gasteiger partial charge in [0.25, 0.3) is 0 Å². The number of amides is 5. The molecule has 2 aliphatic rings. The number of hydrogen-bond acceptors (Lipinski definition) is 7. The van der Waals surface area contributed by atoms with Crippen molar-refractivity contribution in [3.05, 3.63) is 210 Å². The van der Waals surface area contributed by atoms with Gasteiger partial charge in [-0.1, -0.05) is 92.4 Å². The molecule has 87 heavy (non-hydrogen) atoms. The van der Waals surface area contributed by atoms with Crippen LogP contribution in [0.4, 0.5) is 62.3 Å². The molecular formula is C61H62BrF12MgN5O7.